The van der Waals surface area contributed by atoms with Crippen LogP contribution in [0.25, 0.3) is 0 Å². The maximum Gasteiger partial charge on any atom is 0.0597 e. The van der Waals surface area contributed by atoms with Crippen molar-refractivity contribution in [2.75, 3.05) is 26.2 Å². The summed E-state index contributed by atoms with van der Waals surface area (Å²) in [6, 6.07) is 1.08. The molecule has 0 aromatic carbocycles. The van der Waals surface area contributed by atoms with Crippen molar-refractivity contribution < 1.29 is 5.11 Å². The van der Waals surface area contributed by atoms with E-state index in [1.54, 1.807) is 0 Å². The number of piperidine rings is 1. The van der Waals surface area contributed by atoms with E-state index in [4.69, 9.17) is 0 Å². The first-order chi connectivity index (χ1) is 8.85. The van der Waals surface area contributed by atoms with Crippen molar-refractivity contribution in [3.8, 4) is 0 Å². The highest BCUT2D eigenvalue weighted by atomic mass is 16.3. The largest absolute Gasteiger partial charge is 0.395 e. The van der Waals surface area contributed by atoms with Crippen LogP contribution in [0.4, 0.5) is 0 Å². The van der Waals surface area contributed by atoms with Crippen molar-refractivity contribution in [2.45, 2.75) is 64.0 Å². The Bertz CT molecular complexity index is 233. The average Bonchev–Trinajstić information content (AvgIpc) is 2.43. The minimum absolute atomic E-state index is 0.269. The van der Waals surface area contributed by atoms with E-state index in [1.807, 2.05) is 0 Å². The molecule has 1 saturated heterocycles. The Labute approximate surface area is 112 Å². The normalized spacial score (nSPS) is 31.0. The molecule has 0 radical (unpaired) electrons. The molecule has 1 saturated carbocycles. The third kappa shape index (κ3) is 3.69. The molecular weight excluding hydrogens is 224 g/mol. The van der Waals surface area contributed by atoms with Crippen molar-refractivity contribution in [1.82, 2.24) is 10.2 Å². The Morgan fingerprint density at radius 3 is 2.78 bits per heavy atom. The van der Waals surface area contributed by atoms with Gasteiger partial charge in [0.15, 0.2) is 0 Å². The van der Waals surface area contributed by atoms with E-state index in [0.717, 1.165) is 31.5 Å². The van der Waals surface area contributed by atoms with Gasteiger partial charge >= 0.3 is 0 Å². The zero-order valence-corrected chi connectivity index (χ0v) is 11.9. The first-order valence-electron chi connectivity index (χ1n) is 7.93. The van der Waals surface area contributed by atoms with Crippen molar-refractivity contribution in [3.05, 3.63) is 0 Å². The number of nitrogens with zero attached hydrogens (tertiary/aromatic N) is 1. The van der Waals surface area contributed by atoms with Crippen LogP contribution in [0.2, 0.25) is 0 Å². The van der Waals surface area contributed by atoms with Gasteiger partial charge in [-0.15, -0.1) is 0 Å². The van der Waals surface area contributed by atoms with Gasteiger partial charge < -0.3 is 10.4 Å². The first kappa shape index (κ1) is 14.3. The molecule has 0 aromatic rings. The molecule has 0 aromatic heterocycles. The van der Waals surface area contributed by atoms with Gasteiger partial charge in [-0.3, -0.25) is 4.90 Å². The van der Waals surface area contributed by atoms with E-state index >= 15 is 0 Å². The van der Waals surface area contributed by atoms with Gasteiger partial charge in [-0.2, -0.15) is 0 Å². The fourth-order valence-corrected chi connectivity index (χ4v) is 3.77. The molecule has 0 spiro atoms. The summed E-state index contributed by atoms with van der Waals surface area (Å²) in [5, 5.41) is 13.0. The van der Waals surface area contributed by atoms with Crippen LogP contribution < -0.4 is 5.32 Å². The van der Waals surface area contributed by atoms with Gasteiger partial charge in [0.25, 0.3) is 0 Å². The Morgan fingerprint density at radius 2 is 2.00 bits per heavy atom. The molecule has 2 N–H and O–H groups in total. The van der Waals surface area contributed by atoms with Crippen molar-refractivity contribution in [3.63, 3.8) is 0 Å². The molecule has 18 heavy (non-hydrogen) atoms. The summed E-state index contributed by atoms with van der Waals surface area (Å²) < 4.78 is 0. The van der Waals surface area contributed by atoms with Crippen molar-refractivity contribution in [2.24, 2.45) is 5.92 Å². The van der Waals surface area contributed by atoms with E-state index in [9.17, 15) is 5.11 Å². The molecular formula is C15H30N2O. The second kappa shape index (κ2) is 7.46. The number of likely N-dealkylation sites (tertiary alicyclic amines) is 1. The van der Waals surface area contributed by atoms with Gasteiger partial charge in [-0.25, -0.2) is 0 Å². The lowest BCUT2D eigenvalue weighted by Crippen LogP contribution is -2.52. The Morgan fingerprint density at radius 1 is 1.22 bits per heavy atom. The van der Waals surface area contributed by atoms with Gasteiger partial charge in [-0.05, 0) is 51.1 Å². The monoisotopic (exact) mass is 254 g/mol. The number of nitrogens with one attached hydrogen (secondary N) is 1. The lowest BCUT2D eigenvalue weighted by Gasteiger charge is -2.45. The van der Waals surface area contributed by atoms with Crippen LogP contribution in [0.15, 0.2) is 0 Å². The van der Waals surface area contributed by atoms with E-state index in [1.165, 1.54) is 45.1 Å². The third-order valence-corrected chi connectivity index (χ3v) is 4.72. The van der Waals surface area contributed by atoms with Crippen LogP contribution in [0.5, 0.6) is 0 Å². The van der Waals surface area contributed by atoms with Gasteiger partial charge in [0.1, 0.15) is 0 Å². The summed E-state index contributed by atoms with van der Waals surface area (Å²) in [4.78, 5) is 2.66. The molecule has 0 bridgehead atoms. The fourth-order valence-electron chi connectivity index (χ4n) is 3.77. The quantitative estimate of drug-likeness (QED) is 0.761. The SMILES string of the molecule is CCCNC(CO)CN1CCCC2CCCCC21. The first-order valence-corrected chi connectivity index (χ1v) is 7.93. The van der Waals surface area contributed by atoms with Crippen molar-refractivity contribution >= 4 is 0 Å². The minimum atomic E-state index is 0.269. The molecule has 106 valence electrons. The van der Waals surface area contributed by atoms with Gasteiger partial charge in [-0.1, -0.05) is 19.8 Å². The Kier molecular flexibility index (Phi) is 5.93. The number of aliphatic hydroxyl groups excluding tert-OH is 1. The third-order valence-electron chi connectivity index (χ3n) is 4.72. The predicted molar refractivity (Wildman–Crippen MR) is 75.7 cm³/mol. The second-order valence-corrected chi connectivity index (χ2v) is 6.08. The number of aliphatic hydroxyl groups is 1. The number of fused-ring (bicyclic) bond motifs is 1. The fraction of sp³-hybridized carbons (Fsp3) is 1.00. The molecule has 3 nitrogen and oxygen atoms in total. The number of hydrogen-bond donors (Lipinski definition) is 2. The zero-order valence-electron chi connectivity index (χ0n) is 11.9. The summed E-state index contributed by atoms with van der Waals surface area (Å²) in [5.41, 5.74) is 0. The van der Waals surface area contributed by atoms with Crippen LogP contribution >= 0.6 is 0 Å². The lowest BCUT2D eigenvalue weighted by atomic mass is 9.78. The smallest absolute Gasteiger partial charge is 0.0597 e. The minimum Gasteiger partial charge on any atom is -0.395 e. The summed E-state index contributed by atoms with van der Waals surface area (Å²) >= 11 is 0. The molecule has 2 aliphatic rings. The summed E-state index contributed by atoms with van der Waals surface area (Å²) in [6.45, 7) is 5.75. The highest BCUT2D eigenvalue weighted by Crippen LogP contribution is 2.35. The molecule has 0 amide bonds. The molecule has 1 aliphatic heterocycles. The number of rotatable bonds is 6. The average molecular weight is 254 g/mol. The van der Waals surface area contributed by atoms with Crippen LogP contribution in [0.1, 0.15) is 51.9 Å². The summed E-state index contributed by atoms with van der Waals surface area (Å²) in [6.07, 6.45) is 9.60. The van der Waals surface area contributed by atoms with Crippen molar-refractivity contribution in [1.29, 1.82) is 0 Å². The standard InChI is InChI=1S/C15H30N2O/c1-2-9-16-14(12-18)11-17-10-5-7-13-6-3-4-8-15(13)17/h13-16,18H,2-12H2,1H3. The van der Waals surface area contributed by atoms with Gasteiger partial charge in [0.2, 0.25) is 0 Å². The van der Waals surface area contributed by atoms with E-state index in [2.05, 4.69) is 17.1 Å². The second-order valence-electron chi connectivity index (χ2n) is 6.08. The molecule has 2 rings (SSSR count). The highest BCUT2D eigenvalue weighted by Gasteiger charge is 2.33. The van der Waals surface area contributed by atoms with Crippen LogP contribution in [0.3, 0.4) is 0 Å². The predicted octanol–water partition coefficient (Wildman–Crippen LogP) is 2.00. The molecule has 3 atom stereocenters. The molecule has 1 heterocycles. The van der Waals surface area contributed by atoms with Crippen LogP contribution in [-0.4, -0.2) is 48.3 Å². The maximum absolute atomic E-state index is 9.49. The van der Waals surface area contributed by atoms with E-state index in [0.29, 0.717) is 0 Å². The zero-order chi connectivity index (χ0) is 12.8. The molecule has 1 aliphatic carbocycles. The van der Waals surface area contributed by atoms with E-state index < -0.39 is 0 Å². The molecule has 3 unspecified atom stereocenters. The highest BCUT2D eigenvalue weighted by molar-refractivity contribution is 4.89. The molecule has 3 heteroatoms. The molecule has 2 fully saturated rings. The van der Waals surface area contributed by atoms with E-state index in [-0.39, 0.29) is 12.6 Å². The van der Waals surface area contributed by atoms with Gasteiger partial charge in [0, 0.05) is 18.6 Å². The summed E-state index contributed by atoms with van der Waals surface area (Å²) in [5.74, 6) is 0.943. The summed E-state index contributed by atoms with van der Waals surface area (Å²) in [7, 11) is 0. The van der Waals surface area contributed by atoms with Crippen LogP contribution in [0, 0.1) is 5.92 Å². The lowest BCUT2D eigenvalue weighted by molar-refractivity contribution is 0.0460. The topological polar surface area (TPSA) is 35.5 Å². The Balaban J connectivity index is 1.85. The maximum atomic E-state index is 9.49. The Hall–Kier alpha value is -0.120. The van der Waals surface area contributed by atoms with Crippen LogP contribution in [-0.2, 0) is 0 Å². The van der Waals surface area contributed by atoms with Gasteiger partial charge in [0.05, 0.1) is 6.61 Å². The number of hydrogen-bond acceptors (Lipinski definition) is 3.